The molecule has 0 radical (unpaired) electrons. The number of piperazine rings is 1. The molecule has 5 heterocycles. The zero-order chi connectivity index (χ0) is 26.6. The van der Waals surface area contributed by atoms with E-state index in [1.54, 1.807) is 30.0 Å². The third-order valence-corrected chi connectivity index (χ3v) is 8.69. The van der Waals surface area contributed by atoms with Crippen molar-refractivity contribution in [3.8, 4) is 0 Å². The monoisotopic (exact) mass is 523 g/mol. The summed E-state index contributed by atoms with van der Waals surface area (Å²) >= 11 is 0. The molecule has 2 bridgehead atoms. The molecule has 1 aromatic carbocycles. The van der Waals surface area contributed by atoms with E-state index in [4.69, 9.17) is 4.74 Å². The van der Waals surface area contributed by atoms with Gasteiger partial charge in [-0.3, -0.25) is 9.59 Å². The number of nitrogens with zero attached hydrogens (tertiary/aromatic N) is 4. The van der Waals surface area contributed by atoms with E-state index in [9.17, 15) is 24.8 Å². The summed E-state index contributed by atoms with van der Waals surface area (Å²) in [6.07, 6.45) is 1.00. The molecule has 1 aromatic heterocycles. The predicted octanol–water partition coefficient (Wildman–Crippen LogP) is 0.717. The number of nitrogens with one attached hydrogen (secondary N) is 1. The van der Waals surface area contributed by atoms with Crippen LogP contribution in [-0.2, 0) is 22.5 Å². The average molecular weight is 524 g/mol. The summed E-state index contributed by atoms with van der Waals surface area (Å²) in [5.41, 5.74) is 3.09. The minimum absolute atomic E-state index is 0.00840. The third-order valence-electron chi connectivity index (χ3n) is 8.69. The lowest BCUT2D eigenvalue weighted by Gasteiger charge is -2.55. The van der Waals surface area contributed by atoms with Crippen LogP contribution in [-0.4, -0.2) is 76.9 Å². The van der Waals surface area contributed by atoms with Crippen LogP contribution in [0.4, 0.5) is 16.2 Å². The lowest BCUT2D eigenvalue weighted by molar-refractivity contribution is -0.991. The number of benzene rings is 1. The largest absolute Gasteiger partial charge is 0.595 e. The van der Waals surface area contributed by atoms with Gasteiger partial charge in [0.25, 0.3) is 5.56 Å². The van der Waals surface area contributed by atoms with Crippen molar-refractivity contribution in [1.29, 1.82) is 0 Å². The molecule has 6 rings (SSSR count). The highest BCUT2D eigenvalue weighted by molar-refractivity contribution is 5.83. The number of fused-ring (bicyclic) bond motifs is 8. The van der Waals surface area contributed by atoms with Crippen molar-refractivity contribution in [3.63, 3.8) is 0 Å². The Bertz CT molecular complexity index is 1300. The standard InChI is InChI=1S/C27H33N5O6/c1-2-38-27(35)29-10-8-28(9-11-29)26(34)21-14-17-13-20(32(36)37)6-7-23(17)31-15-18-12-19(25(21)31)16-30-22(18)4-3-5-24(30)33/h3-7,13,18-19,21,25,32,36H,2,8-12,14-16H2,1H3/t18?,19?,21-,25+/m1/s1. The topological polar surface area (TPSA) is 123 Å². The van der Waals surface area contributed by atoms with E-state index in [0.29, 0.717) is 52.3 Å². The average Bonchev–Trinajstić information content (AvgIpc) is 2.92. The summed E-state index contributed by atoms with van der Waals surface area (Å²) in [6.45, 7) is 5.01. The van der Waals surface area contributed by atoms with Gasteiger partial charge in [-0.25, -0.2) is 10.0 Å². The molecule has 11 nitrogen and oxygen atoms in total. The first-order valence-electron chi connectivity index (χ1n) is 13.4. The fraction of sp³-hybridized carbons (Fsp3) is 0.519. The van der Waals surface area contributed by atoms with Crippen molar-refractivity contribution in [3.05, 3.63) is 63.2 Å². The van der Waals surface area contributed by atoms with Crippen LogP contribution in [0.5, 0.6) is 0 Å². The van der Waals surface area contributed by atoms with Crippen LogP contribution in [0.15, 0.2) is 41.2 Å². The van der Waals surface area contributed by atoms with Gasteiger partial charge in [-0.15, -0.1) is 0 Å². The Morgan fingerprint density at radius 2 is 1.87 bits per heavy atom. The highest BCUT2D eigenvalue weighted by Gasteiger charge is 2.50. The molecule has 2 fully saturated rings. The van der Waals surface area contributed by atoms with Gasteiger partial charge >= 0.3 is 6.09 Å². The molecule has 202 valence electrons. The minimum Gasteiger partial charge on any atom is -0.595 e. The summed E-state index contributed by atoms with van der Waals surface area (Å²) in [6, 6.07) is 10.6. The molecule has 2 aromatic rings. The van der Waals surface area contributed by atoms with Gasteiger partial charge in [0.1, 0.15) is 0 Å². The highest BCUT2D eigenvalue weighted by atomic mass is 16.8. The maximum atomic E-state index is 14.1. The van der Waals surface area contributed by atoms with Gasteiger partial charge in [0.2, 0.25) is 5.91 Å². The first-order valence-corrected chi connectivity index (χ1v) is 13.4. The van der Waals surface area contributed by atoms with E-state index in [0.717, 1.165) is 23.4 Å². The molecule has 2 saturated heterocycles. The van der Waals surface area contributed by atoms with Crippen LogP contribution >= 0.6 is 0 Å². The van der Waals surface area contributed by atoms with Crippen molar-refractivity contribution in [2.75, 3.05) is 44.2 Å². The van der Waals surface area contributed by atoms with Crippen LogP contribution < -0.4 is 15.7 Å². The van der Waals surface area contributed by atoms with Crippen LogP contribution in [0, 0.1) is 17.0 Å². The number of carbonyl (C=O) groups excluding carboxylic acids is 2. The van der Waals surface area contributed by atoms with Gasteiger partial charge in [-0.05, 0) is 43.4 Å². The number of aromatic nitrogens is 1. The predicted molar refractivity (Wildman–Crippen MR) is 137 cm³/mol. The van der Waals surface area contributed by atoms with Crippen LogP contribution in [0.1, 0.15) is 30.5 Å². The first kappa shape index (κ1) is 24.9. The number of quaternary nitrogens is 1. The van der Waals surface area contributed by atoms with Crippen LogP contribution in [0.3, 0.4) is 0 Å². The van der Waals surface area contributed by atoms with E-state index in [1.807, 2.05) is 27.7 Å². The van der Waals surface area contributed by atoms with E-state index in [2.05, 4.69) is 4.90 Å². The molecule has 2 amide bonds. The molecule has 4 aliphatic heterocycles. The van der Waals surface area contributed by atoms with Crippen molar-refractivity contribution in [2.45, 2.75) is 38.3 Å². The lowest BCUT2D eigenvalue weighted by Crippen LogP contribution is -2.99. The summed E-state index contributed by atoms with van der Waals surface area (Å²) in [5, 5.41) is 20.3. The second-order valence-corrected chi connectivity index (χ2v) is 10.7. The molecule has 0 saturated carbocycles. The maximum Gasteiger partial charge on any atom is 0.409 e. The van der Waals surface area contributed by atoms with Gasteiger partial charge in [-0.2, -0.15) is 5.23 Å². The number of hydrogen-bond donors (Lipinski definition) is 2. The zero-order valence-electron chi connectivity index (χ0n) is 21.4. The highest BCUT2D eigenvalue weighted by Crippen LogP contribution is 2.47. The van der Waals surface area contributed by atoms with E-state index < -0.39 is 5.23 Å². The molecule has 11 heteroatoms. The second-order valence-electron chi connectivity index (χ2n) is 10.7. The SMILES string of the molecule is CCOC(=O)N1CCN(C(=O)[C@@H]2Cc3cc([NH+]([O-])O)ccc3N3CC4CC(Cn5c4cccc5=O)[C@@H]23)CC1. The Morgan fingerprint density at radius 1 is 1.11 bits per heavy atom. The summed E-state index contributed by atoms with van der Waals surface area (Å²) < 4.78 is 6.99. The number of rotatable bonds is 3. The second kappa shape index (κ2) is 9.72. The van der Waals surface area contributed by atoms with Crippen molar-refractivity contribution in [1.82, 2.24) is 14.4 Å². The molecule has 2 N–H and O–H groups in total. The zero-order valence-corrected chi connectivity index (χ0v) is 21.4. The minimum atomic E-state index is -0.989. The van der Waals surface area contributed by atoms with Crippen molar-refractivity contribution in [2.24, 2.45) is 11.8 Å². The normalized spacial score (nSPS) is 26.7. The van der Waals surface area contributed by atoms with Gasteiger partial charge in [0, 0.05) is 80.8 Å². The fourth-order valence-electron chi connectivity index (χ4n) is 7.03. The number of carbonyl (C=O) groups is 2. The fourth-order valence-corrected chi connectivity index (χ4v) is 7.03. The number of piperidine rings is 1. The van der Waals surface area contributed by atoms with E-state index in [-0.39, 0.29) is 47.0 Å². The summed E-state index contributed by atoms with van der Waals surface area (Å²) in [7, 11) is 0. The molecule has 0 aliphatic carbocycles. The Hall–Kier alpha value is -3.41. The van der Waals surface area contributed by atoms with Gasteiger partial charge < -0.3 is 29.2 Å². The smallest absolute Gasteiger partial charge is 0.409 e. The quantitative estimate of drug-likeness (QED) is 0.569. The molecule has 4 aliphatic rings. The molecule has 5 atom stereocenters. The number of ether oxygens (including phenoxy) is 1. The first-order chi connectivity index (χ1) is 18.4. The molecular weight excluding hydrogens is 490 g/mol. The van der Waals surface area contributed by atoms with Crippen LogP contribution in [0.25, 0.3) is 0 Å². The Morgan fingerprint density at radius 3 is 2.61 bits per heavy atom. The van der Waals surface area contributed by atoms with E-state index >= 15 is 0 Å². The maximum absolute atomic E-state index is 14.1. The molecule has 3 unspecified atom stereocenters. The number of hydrogen-bond acceptors (Lipinski definition) is 7. The Kier molecular flexibility index (Phi) is 6.37. The van der Waals surface area contributed by atoms with Crippen LogP contribution in [0.2, 0.25) is 0 Å². The van der Waals surface area contributed by atoms with Crippen molar-refractivity contribution < 1.29 is 24.8 Å². The van der Waals surface area contributed by atoms with Gasteiger partial charge in [0.05, 0.1) is 12.5 Å². The van der Waals surface area contributed by atoms with E-state index in [1.165, 1.54) is 0 Å². The molecular formula is C27H33N5O6. The Balaban J connectivity index is 1.33. The van der Waals surface area contributed by atoms with Gasteiger partial charge in [-0.1, -0.05) is 6.07 Å². The lowest BCUT2D eigenvalue weighted by atomic mass is 9.69. The van der Waals surface area contributed by atoms with Gasteiger partial charge in [0.15, 0.2) is 5.69 Å². The Labute approximate surface area is 220 Å². The molecule has 0 spiro atoms. The number of anilines is 1. The number of pyridine rings is 1. The summed E-state index contributed by atoms with van der Waals surface area (Å²) in [4.78, 5) is 44.7. The molecule has 38 heavy (non-hydrogen) atoms. The van der Waals surface area contributed by atoms with Crippen molar-refractivity contribution >= 4 is 23.4 Å². The summed E-state index contributed by atoms with van der Waals surface area (Å²) in [5.74, 6) is -0.0663. The number of amides is 2. The third kappa shape index (κ3) is 4.14.